The van der Waals surface area contributed by atoms with Crippen LogP contribution in [0.15, 0.2) is 42.5 Å². The fraction of sp³-hybridized carbons (Fsp3) is 0.458. The van der Waals surface area contributed by atoms with E-state index in [9.17, 15) is 20.1 Å². The standard InChI is InChI=1S/C24H29Cl2N3O4/c25-17-5-1-3-15(9-17)11-24(20-7-6-18(26)10-21(20)28-23(24)33)29-8-2-4-16(12-29)22(32)27-19(13-30)14-31/h1,3,5-7,9-10,16,19,23,28,30-31,33H,2,4,8,11-14H2,(H,27,32). The highest BCUT2D eigenvalue weighted by Crippen LogP contribution is 2.47. The van der Waals surface area contributed by atoms with Crippen molar-refractivity contribution in [3.8, 4) is 0 Å². The second kappa shape index (κ2) is 10.2. The van der Waals surface area contributed by atoms with E-state index in [2.05, 4.69) is 15.5 Å². The first-order chi connectivity index (χ1) is 15.9. The van der Waals surface area contributed by atoms with E-state index in [1.807, 2.05) is 36.4 Å². The average molecular weight is 494 g/mol. The molecule has 0 saturated carbocycles. The van der Waals surface area contributed by atoms with Crippen LogP contribution in [0, 0.1) is 5.92 Å². The van der Waals surface area contributed by atoms with Crippen molar-refractivity contribution in [2.75, 3.05) is 31.6 Å². The third-order valence-corrected chi connectivity index (χ3v) is 7.17. The van der Waals surface area contributed by atoms with Gasteiger partial charge in [0.25, 0.3) is 0 Å². The smallest absolute Gasteiger partial charge is 0.224 e. The number of fused-ring (bicyclic) bond motifs is 1. The molecule has 1 fully saturated rings. The summed E-state index contributed by atoms with van der Waals surface area (Å²) in [5.41, 5.74) is 1.84. The Labute approximate surface area is 203 Å². The van der Waals surface area contributed by atoms with Crippen LogP contribution in [0.2, 0.25) is 10.0 Å². The SMILES string of the molecule is O=C(NC(CO)CO)C1CCCN(C2(Cc3cccc(Cl)c3)c3ccc(Cl)cc3NC2O)C1. The lowest BCUT2D eigenvalue weighted by Gasteiger charge is -2.47. The van der Waals surface area contributed by atoms with E-state index in [1.165, 1.54) is 0 Å². The van der Waals surface area contributed by atoms with E-state index >= 15 is 0 Å². The number of anilines is 1. The van der Waals surface area contributed by atoms with Crippen LogP contribution in [-0.4, -0.2) is 64.7 Å². The van der Waals surface area contributed by atoms with E-state index in [0.29, 0.717) is 36.0 Å². The van der Waals surface area contributed by atoms with Gasteiger partial charge in [-0.15, -0.1) is 0 Å². The number of nitrogens with zero attached hydrogens (tertiary/aromatic N) is 1. The van der Waals surface area contributed by atoms with Gasteiger partial charge in [-0.1, -0.05) is 41.4 Å². The van der Waals surface area contributed by atoms with Gasteiger partial charge < -0.3 is 26.0 Å². The zero-order valence-electron chi connectivity index (χ0n) is 18.2. The molecule has 2 heterocycles. The van der Waals surface area contributed by atoms with Crippen molar-refractivity contribution < 1.29 is 20.1 Å². The van der Waals surface area contributed by atoms with Crippen LogP contribution in [0.5, 0.6) is 0 Å². The molecule has 0 bridgehead atoms. The normalized spacial score (nSPS) is 25.0. The van der Waals surface area contributed by atoms with Gasteiger partial charge in [0.15, 0.2) is 0 Å². The highest BCUT2D eigenvalue weighted by atomic mass is 35.5. The van der Waals surface area contributed by atoms with Gasteiger partial charge in [0.05, 0.1) is 30.7 Å². The first-order valence-electron chi connectivity index (χ1n) is 11.1. The monoisotopic (exact) mass is 493 g/mol. The maximum atomic E-state index is 12.9. The molecule has 3 atom stereocenters. The number of aliphatic hydroxyl groups is 3. The van der Waals surface area contributed by atoms with Gasteiger partial charge in [0.2, 0.25) is 5.91 Å². The van der Waals surface area contributed by atoms with E-state index in [4.69, 9.17) is 23.2 Å². The predicted molar refractivity (Wildman–Crippen MR) is 128 cm³/mol. The van der Waals surface area contributed by atoms with Crippen LogP contribution < -0.4 is 10.6 Å². The zero-order valence-corrected chi connectivity index (χ0v) is 19.7. The van der Waals surface area contributed by atoms with Gasteiger partial charge in [-0.05, 0) is 55.6 Å². The van der Waals surface area contributed by atoms with Crippen molar-refractivity contribution in [2.24, 2.45) is 5.92 Å². The Bertz CT molecular complexity index is 1000. The summed E-state index contributed by atoms with van der Waals surface area (Å²) in [6, 6.07) is 12.4. The third kappa shape index (κ3) is 4.85. The highest BCUT2D eigenvalue weighted by molar-refractivity contribution is 6.31. The Morgan fingerprint density at radius 3 is 2.67 bits per heavy atom. The van der Waals surface area contributed by atoms with E-state index in [1.54, 1.807) is 6.07 Å². The summed E-state index contributed by atoms with van der Waals surface area (Å²) in [6.45, 7) is 0.480. The molecule has 1 amide bonds. The molecule has 2 aromatic carbocycles. The molecule has 2 aliphatic rings. The molecule has 4 rings (SSSR count). The topological polar surface area (TPSA) is 105 Å². The summed E-state index contributed by atoms with van der Waals surface area (Å²) < 4.78 is 0. The van der Waals surface area contributed by atoms with Crippen LogP contribution >= 0.6 is 23.2 Å². The third-order valence-electron chi connectivity index (χ3n) is 6.70. The van der Waals surface area contributed by atoms with Crippen molar-refractivity contribution in [3.63, 3.8) is 0 Å². The minimum absolute atomic E-state index is 0.206. The first-order valence-corrected chi connectivity index (χ1v) is 11.9. The van der Waals surface area contributed by atoms with Gasteiger partial charge >= 0.3 is 0 Å². The molecule has 9 heteroatoms. The maximum Gasteiger partial charge on any atom is 0.224 e. The molecule has 7 nitrogen and oxygen atoms in total. The fourth-order valence-corrected chi connectivity index (χ4v) is 5.44. The van der Waals surface area contributed by atoms with Crippen LogP contribution in [0.4, 0.5) is 5.69 Å². The summed E-state index contributed by atoms with van der Waals surface area (Å²) in [5, 5.41) is 37.2. The fourth-order valence-electron chi connectivity index (χ4n) is 5.05. The zero-order chi connectivity index (χ0) is 23.6. The second-order valence-electron chi connectivity index (χ2n) is 8.82. The van der Waals surface area contributed by atoms with Gasteiger partial charge in [-0.3, -0.25) is 9.69 Å². The number of aliphatic hydroxyl groups excluding tert-OH is 3. The largest absolute Gasteiger partial charge is 0.394 e. The van der Waals surface area contributed by atoms with Gasteiger partial charge in [-0.25, -0.2) is 0 Å². The number of carbonyl (C=O) groups excluding carboxylic acids is 1. The number of halogens is 2. The van der Waals surface area contributed by atoms with Gasteiger partial charge in [-0.2, -0.15) is 0 Å². The average Bonchev–Trinajstić information content (AvgIpc) is 3.08. The Kier molecular flexibility index (Phi) is 7.48. The molecule has 0 spiro atoms. The molecule has 3 unspecified atom stereocenters. The molecule has 0 radical (unpaired) electrons. The molecule has 2 aliphatic heterocycles. The quantitative estimate of drug-likeness (QED) is 0.405. The Morgan fingerprint density at radius 2 is 1.94 bits per heavy atom. The van der Waals surface area contributed by atoms with E-state index < -0.39 is 17.8 Å². The number of rotatable bonds is 7. The number of carbonyl (C=O) groups is 1. The van der Waals surface area contributed by atoms with Crippen molar-refractivity contribution in [2.45, 2.75) is 37.1 Å². The van der Waals surface area contributed by atoms with Crippen LogP contribution in [-0.2, 0) is 16.8 Å². The number of piperidine rings is 1. The lowest BCUT2D eigenvalue weighted by molar-refractivity contribution is -0.130. The molecular weight excluding hydrogens is 465 g/mol. The Hall–Kier alpha value is -1.87. The molecule has 0 aromatic heterocycles. The summed E-state index contributed by atoms with van der Waals surface area (Å²) >= 11 is 12.5. The molecule has 1 saturated heterocycles. The van der Waals surface area contributed by atoms with Crippen molar-refractivity contribution in [3.05, 3.63) is 63.6 Å². The van der Waals surface area contributed by atoms with Crippen molar-refractivity contribution in [1.82, 2.24) is 10.2 Å². The van der Waals surface area contributed by atoms with E-state index in [-0.39, 0.29) is 25.0 Å². The summed E-state index contributed by atoms with van der Waals surface area (Å²) in [4.78, 5) is 15.1. The number of hydrogen-bond acceptors (Lipinski definition) is 6. The van der Waals surface area contributed by atoms with Crippen molar-refractivity contribution >= 4 is 34.8 Å². The minimum atomic E-state index is -0.922. The number of likely N-dealkylation sites (tertiary alicyclic amines) is 1. The lowest BCUT2D eigenvalue weighted by atomic mass is 9.80. The number of amides is 1. The van der Waals surface area contributed by atoms with Crippen LogP contribution in [0.25, 0.3) is 0 Å². The van der Waals surface area contributed by atoms with Gasteiger partial charge in [0.1, 0.15) is 6.23 Å². The lowest BCUT2D eigenvalue weighted by Crippen LogP contribution is -2.59. The molecule has 2 aromatic rings. The highest BCUT2D eigenvalue weighted by Gasteiger charge is 2.52. The molecule has 5 N–H and O–H groups in total. The minimum Gasteiger partial charge on any atom is -0.394 e. The first kappa shape index (κ1) is 24.3. The Balaban J connectivity index is 1.69. The molecule has 33 heavy (non-hydrogen) atoms. The van der Waals surface area contributed by atoms with Crippen LogP contribution in [0.3, 0.4) is 0 Å². The summed E-state index contributed by atoms with van der Waals surface area (Å²) in [5.74, 6) is -0.540. The van der Waals surface area contributed by atoms with Gasteiger partial charge in [0, 0.05) is 27.8 Å². The molecular formula is C24H29Cl2N3O4. The summed E-state index contributed by atoms with van der Waals surface area (Å²) in [6.07, 6.45) is 1.03. The Morgan fingerprint density at radius 1 is 1.18 bits per heavy atom. The van der Waals surface area contributed by atoms with Crippen LogP contribution in [0.1, 0.15) is 24.0 Å². The second-order valence-corrected chi connectivity index (χ2v) is 9.70. The number of nitrogens with one attached hydrogen (secondary N) is 2. The number of benzene rings is 2. The number of hydrogen-bond donors (Lipinski definition) is 5. The maximum absolute atomic E-state index is 12.9. The predicted octanol–water partition coefficient (Wildman–Crippen LogP) is 2.36. The molecule has 0 aliphatic carbocycles. The van der Waals surface area contributed by atoms with Crippen molar-refractivity contribution in [1.29, 1.82) is 0 Å². The molecule has 178 valence electrons. The van der Waals surface area contributed by atoms with E-state index in [0.717, 1.165) is 23.2 Å². The summed E-state index contributed by atoms with van der Waals surface area (Å²) in [7, 11) is 0.